The van der Waals surface area contributed by atoms with Gasteiger partial charge in [0.05, 0.1) is 17.4 Å². The topological polar surface area (TPSA) is 46.5 Å². The molecular weight excluding hydrogens is 332 g/mol. The number of aryl methyl sites for hydroxylation is 1. The summed E-state index contributed by atoms with van der Waals surface area (Å²) in [6, 6.07) is 18.4. The van der Waals surface area contributed by atoms with Gasteiger partial charge in [-0.05, 0) is 35.9 Å². The van der Waals surface area contributed by atoms with Crippen molar-refractivity contribution in [3.63, 3.8) is 0 Å². The SMILES string of the molecule is Cn1cnc2ccc(-c3c[nH]c4ncc(C#Cc5ccccc5)cc34)cc21. The Morgan fingerprint density at radius 2 is 1.78 bits per heavy atom. The highest BCUT2D eigenvalue weighted by Gasteiger charge is 2.09. The molecule has 0 saturated heterocycles. The first kappa shape index (κ1) is 15.4. The Morgan fingerprint density at radius 1 is 0.926 bits per heavy atom. The second kappa shape index (κ2) is 6.15. The van der Waals surface area contributed by atoms with Crippen LogP contribution in [0, 0.1) is 11.8 Å². The van der Waals surface area contributed by atoms with Gasteiger partial charge in [-0.3, -0.25) is 0 Å². The molecule has 0 unspecified atom stereocenters. The zero-order valence-corrected chi connectivity index (χ0v) is 14.8. The molecule has 5 aromatic rings. The first-order chi connectivity index (χ1) is 13.3. The summed E-state index contributed by atoms with van der Waals surface area (Å²) in [4.78, 5) is 12.2. The highest BCUT2D eigenvalue weighted by molar-refractivity contribution is 5.96. The summed E-state index contributed by atoms with van der Waals surface area (Å²) in [5, 5.41) is 1.07. The van der Waals surface area contributed by atoms with E-state index >= 15 is 0 Å². The van der Waals surface area contributed by atoms with Gasteiger partial charge in [-0.15, -0.1) is 0 Å². The van der Waals surface area contributed by atoms with E-state index in [1.54, 1.807) is 0 Å². The fourth-order valence-corrected chi connectivity index (χ4v) is 3.27. The molecule has 1 N–H and O–H groups in total. The number of rotatable bonds is 1. The van der Waals surface area contributed by atoms with E-state index in [1.165, 1.54) is 0 Å². The fourth-order valence-electron chi connectivity index (χ4n) is 3.27. The van der Waals surface area contributed by atoms with E-state index in [-0.39, 0.29) is 0 Å². The predicted molar refractivity (Wildman–Crippen MR) is 108 cm³/mol. The van der Waals surface area contributed by atoms with Crippen molar-refractivity contribution in [2.75, 3.05) is 0 Å². The van der Waals surface area contributed by atoms with Crippen molar-refractivity contribution in [3.8, 4) is 23.0 Å². The van der Waals surface area contributed by atoms with Crippen LogP contribution in [-0.2, 0) is 7.05 Å². The molecule has 4 heteroatoms. The second-order valence-electron chi connectivity index (χ2n) is 6.50. The number of H-pyrrole nitrogens is 1. The van der Waals surface area contributed by atoms with Crippen LogP contribution in [0.1, 0.15) is 11.1 Å². The number of hydrogen-bond donors (Lipinski definition) is 1. The molecule has 0 aliphatic carbocycles. The molecule has 0 amide bonds. The van der Waals surface area contributed by atoms with Crippen molar-refractivity contribution < 1.29 is 0 Å². The van der Waals surface area contributed by atoms with Crippen molar-refractivity contribution in [2.45, 2.75) is 0 Å². The fraction of sp³-hybridized carbons (Fsp3) is 0.0435. The molecule has 0 atom stereocenters. The minimum atomic E-state index is 0.861. The number of hydrogen-bond acceptors (Lipinski definition) is 2. The molecule has 0 spiro atoms. The zero-order chi connectivity index (χ0) is 18.2. The van der Waals surface area contributed by atoms with Gasteiger partial charge in [-0.1, -0.05) is 36.1 Å². The van der Waals surface area contributed by atoms with Gasteiger partial charge in [-0.25, -0.2) is 9.97 Å². The number of imidazole rings is 1. The minimum absolute atomic E-state index is 0.861. The van der Waals surface area contributed by atoms with Gasteiger partial charge in [0.1, 0.15) is 5.65 Å². The lowest BCUT2D eigenvalue weighted by molar-refractivity contribution is 0.948. The van der Waals surface area contributed by atoms with E-state index < -0.39 is 0 Å². The van der Waals surface area contributed by atoms with E-state index in [0.717, 1.165) is 44.3 Å². The number of nitrogens with one attached hydrogen (secondary N) is 1. The highest BCUT2D eigenvalue weighted by atomic mass is 15.0. The third-order valence-electron chi connectivity index (χ3n) is 4.69. The van der Waals surface area contributed by atoms with Crippen LogP contribution in [0.15, 0.2) is 73.3 Å². The number of nitrogens with zero attached hydrogens (tertiary/aromatic N) is 3. The maximum Gasteiger partial charge on any atom is 0.137 e. The maximum atomic E-state index is 4.53. The van der Waals surface area contributed by atoms with Gasteiger partial charge in [0.15, 0.2) is 0 Å². The largest absolute Gasteiger partial charge is 0.346 e. The van der Waals surface area contributed by atoms with Gasteiger partial charge in [0.2, 0.25) is 0 Å². The monoisotopic (exact) mass is 348 g/mol. The second-order valence-corrected chi connectivity index (χ2v) is 6.50. The molecule has 0 bridgehead atoms. The summed E-state index contributed by atoms with van der Waals surface area (Å²) >= 11 is 0. The van der Waals surface area contributed by atoms with E-state index in [1.807, 2.05) is 60.7 Å². The van der Waals surface area contributed by atoms with Crippen LogP contribution < -0.4 is 0 Å². The summed E-state index contributed by atoms with van der Waals surface area (Å²) in [6.45, 7) is 0. The lowest BCUT2D eigenvalue weighted by Gasteiger charge is -2.02. The number of aromatic amines is 1. The van der Waals surface area contributed by atoms with E-state index in [9.17, 15) is 0 Å². The number of fused-ring (bicyclic) bond motifs is 2. The zero-order valence-electron chi connectivity index (χ0n) is 14.8. The highest BCUT2D eigenvalue weighted by Crippen LogP contribution is 2.30. The third-order valence-corrected chi connectivity index (χ3v) is 4.69. The molecular formula is C23H16N4. The van der Waals surface area contributed by atoms with Crippen LogP contribution in [-0.4, -0.2) is 19.5 Å². The maximum absolute atomic E-state index is 4.53. The Morgan fingerprint density at radius 3 is 2.67 bits per heavy atom. The molecule has 0 aliphatic heterocycles. The molecule has 128 valence electrons. The molecule has 0 fully saturated rings. The lowest BCUT2D eigenvalue weighted by Crippen LogP contribution is -1.85. The van der Waals surface area contributed by atoms with Gasteiger partial charge in [0.25, 0.3) is 0 Å². The van der Waals surface area contributed by atoms with Crippen molar-refractivity contribution in [1.82, 2.24) is 19.5 Å². The molecule has 0 saturated carbocycles. The number of benzene rings is 2. The van der Waals surface area contributed by atoms with E-state index in [4.69, 9.17) is 0 Å². The van der Waals surface area contributed by atoms with Crippen molar-refractivity contribution in [1.29, 1.82) is 0 Å². The summed E-state index contributed by atoms with van der Waals surface area (Å²) in [5.74, 6) is 6.41. The molecule has 2 aromatic carbocycles. The molecule has 5 rings (SSSR count). The van der Waals surface area contributed by atoms with Gasteiger partial charge in [0, 0.05) is 41.5 Å². The summed E-state index contributed by atoms with van der Waals surface area (Å²) in [7, 11) is 2.01. The molecule has 0 radical (unpaired) electrons. The molecule has 4 nitrogen and oxygen atoms in total. The quantitative estimate of drug-likeness (QED) is 0.453. The molecule has 3 aromatic heterocycles. The minimum Gasteiger partial charge on any atom is -0.346 e. The standard InChI is InChI=1S/C23H16N4/c1-27-15-26-21-10-9-18(12-22(21)27)20-14-25-23-19(20)11-17(13-24-23)8-7-16-5-3-2-4-6-16/h2-6,9-15H,1H3,(H,24,25). The van der Waals surface area contributed by atoms with Gasteiger partial charge >= 0.3 is 0 Å². The number of aromatic nitrogens is 4. The normalized spacial score (nSPS) is 10.9. The van der Waals surface area contributed by atoms with Crippen LogP contribution in [0.3, 0.4) is 0 Å². The Balaban J connectivity index is 1.61. The smallest absolute Gasteiger partial charge is 0.137 e. The summed E-state index contributed by atoms with van der Waals surface area (Å²) in [6.07, 6.45) is 5.65. The van der Waals surface area contributed by atoms with Crippen molar-refractivity contribution in [3.05, 3.63) is 84.4 Å². The van der Waals surface area contributed by atoms with Crippen LogP contribution in [0.25, 0.3) is 33.2 Å². The van der Waals surface area contributed by atoms with Crippen LogP contribution in [0.5, 0.6) is 0 Å². The average molecular weight is 348 g/mol. The van der Waals surface area contributed by atoms with Crippen LogP contribution >= 0.6 is 0 Å². The Labute approximate surface area is 156 Å². The van der Waals surface area contributed by atoms with Crippen molar-refractivity contribution >= 4 is 22.1 Å². The average Bonchev–Trinajstić information content (AvgIpc) is 3.30. The Bertz CT molecular complexity index is 1330. The van der Waals surface area contributed by atoms with Crippen molar-refractivity contribution in [2.24, 2.45) is 7.05 Å². The molecule has 27 heavy (non-hydrogen) atoms. The van der Waals surface area contributed by atoms with Gasteiger partial charge in [-0.2, -0.15) is 0 Å². The Kier molecular flexibility index (Phi) is 3.51. The number of pyridine rings is 1. The lowest BCUT2D eigenvalue weighted by atomic mass is 10.0. The predicted octanol–water partition coefficient (Wildman–Crippen LogP) is 4.52. The summed E-state index contributed by atoms with van der Waals surface area (Å²) < 4.78 is 2.03. The van der Waals surface area contributed by atoms with Crippen LogP contribution in [0.2, 0.25) is 0 Å². The van der Waals surface area contributed by atoms with Crippen LogP contribution in [0.4, 0.5) is 0 Å². The molecule has 0 aliphatic rings. The first-order valence-corrected chi connectivity index (χ1v) is 8.73. The first-order valence-electron chi connectivity index (χ1n) is 8.73. The summed E-state index contributed by atoms with van der Waals surface area (Å²) in [5.41, 5.74) is 7.10. The van der Waals surface area contributed by atoms with E-state index in [2.05, 4.69) is 51.1 Å². The Hall–Kier alpha value is -3.84. The van der Waals surface area contributed by atoms with E-state index in [0.29, 0.717) is 0 Å². The third kappa shape index (κ3) is 2.76. The van der Waals surface area contributed by atoms with Gasteiger partial charge < -0.3 is 9.55 Å². The molecule has 3 heterocycles.